The summed E-state index contributed by atoms with van der Waals surface area (Å²) >= 11 is 0.728. The summed E-state index contributed by atoms with van der Waals surface area (Å²) in [4.78, 5) is 43.1. The van der Waals surface area contributed by atoms with Gasteiger partial charge in [-0.3, -0.25) is 23.3 Å². The van der Waals surface area contributed by atoms with Crippen molar-refractivity contribution in [1.29, 1.82) is 0 Å². The van der Waals surface area contributed by atoms with E-state index in [0.29, 0.717) is 6.07 Å². The minimum absolute atomic E-state index is 0.0538. The Kier molecular flexibility index (Phi) is 6.86. The zero-order valence-electron chi connectivity index (χ0n) is 19.9. The van der Waals surface area contributed by atoms with Gasteiger partial charge in [-0.05, 0) is 12.1 Å². The van der Waals surface area contributed by atoms with E-state index in [-0.39, 0.29) is 26.8 Å². The molecule has 0 bridgehead atoms. The first kappa shape index (κ1) is 27.0. The molecule has 1 N–H and O–H groups in total. The molecule has 3 aromatic rings. The number of benzene rings is 1. The molecule has 1 aromatic carbocycles. The van der Waals surface area contributed by atoms with Crippen molar-refractivity contribution < 1.29 is 31.9 Å². The van der Waals surface area contributed by atoms with Crippen molar-refractivity contribution in [2.75, 3.05) is 7.05 Å². The predicted octanol–water partition coefficient (Wildman–Crippen LogP) is 0.325. The molecule has 0 unspecified atom stereocenters. The van der Waals surface area contributed by atoms with Gasteiger partial charge in [0.25, 0.3) is 11.5 Å². The topological polar surface area (TPSA) is 102 Å². The molecule has 9 nitrogen and oxygen atoms in total. The lowest BCUT2D eigenvalue weighted by Crippen LogP contribution is -2.59. The number of aliphatic hydroxyl groups is 1. The third-order valence-electron chi connectivity index (χ3n) is 5.90. The molecule has 0 fully saturated rings. The van der Waals surface area contributed by atoms with Crippen LogP contribution in [0.15, 0.2) is 38.3 Å². The average molecular weight is 555 g/mol. The van der Waals surface area contributed by atoms with Crippen molar-refractivity contribution in [2.24, 2.45) is 19.1 Å². The summed E-state index contributed by atoms with van der Waals surface area (Å²) in [6.07, 6.45) is -4.31. The summed E-state index contributed by atoms with van der Waals surface area (Å²) in [7, 11) is 4.27. The lowest BCUT2D eigenvalue weighted by Gasteiger charge is -2.19. The van der Waals surface area contributed by atoms with Crippen LogP contribution in [0.1, 0.15) is 12.0 Å². The zero-order chi connectivity index (χ0) is 28.1. The first-order chi connectivity index (χ1) is 17.8. The van der Waals surface area contributed by atoms with E-state index in [1.54, 1.807) is 7.05 Å². The van der Waals surface area contributed by atoms with E-state index in [1.807, 2.05) is 0 Å². The van der Waals surface area contributed by atoms with Gasteiger partial charge in [-0.15, -0.1) is 11.3 Å². The Bertz CT molecular complexity index is 1840. The van der Waals surface area contributed by atoms with Crippen LogP contribution in [-0.2, 0) is 31.8 Å². The largest absolute Gasteiger partial charge is 0.422 e. The Morgan fingerprint density at radius 1 is 1.13 bits per heavy atom. The van der Waals surface area contributed by atoms with E-state index in [0.717, 1.165) is 31.9 Å². The molecule has 38 heavy (non-hydrogen) atoms. The lowest BCUT2D eigenvalue weighted by atomic mass is 10.1. The van der Waals surface area contributed by atoms with Gasteiger partial charge >= 0.3 is 11.9 Å². The molecule has 3 heterocycles. The van der Waals surface area contributed by atoms with Crippen LogP contribution < -0.4 is 26.6 Å². The number of rotatable bonds is 4. The molecule has 0 aliphatic carbocycles. The van der Waals surface area contributed by atoms with Gasteiger partial charge < -0.3 is 10.0 Å². The van der Waals surface area contributed by atoms with Gasteiger partial charge in [0.1, 0.15) is 29.3 Å². The van der Waals surface area contributed by atoms with Crippen LogP contribution >= 0.6 is 11.3 Å². The number of aliphatic hydroxyl groups excluding tert-OH is 1. The number of carbonyl (C=O) groups excluding carboxylic acids is 1. The Labute approximate surface area is 213 Å². The Morgan fingerprint density at radius 3 is 2.45 bits per heavy atom. The number of halogens is 5. The standard InChI is InChI=1S/C23H18F5N5O4S/c1-30-7-6-13-17(20(36)32(3)22(37)31(13)2)14(30)8-16(35)29-21-33(10-34)15(9-38-21)11-4-5-12(24)18(19(11)25)23(26,27)28/h4-5,7,9,34H,8,10H2,1-3H3/b29-21-. The minimum atomic E-state index is -5.31. The molecule has 0 atom stereocenters. The van der Waals surface area contributed by atoms with Crippen molar-refractivity contribution in [3.8, 4) is 11.3 Å². The number of aromatic nitrogens is 3. The second kappa shape index (κ2) is 9.67. The lowest BCUT2D eigenvalue weighted by molar-refractivity contribution is -0.142. The molecule has 1 aliphatic heterocycles. The summed E-state index contributed by atoms with van der Waals surface area (Å²) in [6, 6.07) is 1.24. The van der Waals surface area contributed by atoms with Crippen LogP contribution in [0.2, 0.25) is 0 Å². The van der Waals surface area contributed by atoms with Crippen molar-refractivity contribution >= 4 is 28.7 Å². The molecule has 0 radical (unpaired) electrons. The van der Waals surface area contributed by atoms with Gasteiger partial charge in [-0.2, -0.15) is 18.2 Å². The average Bonchev–Trinajstić information content (AvgIpc) is 3.23. The summed E-state index contributed by atoms with van der Waals surface area (Å²) in [5, 5.41) is 11.2. The summed E-state index contributed by atoms with van der Waals surface area (Å²) in [5.41, 5.74) is -1.23. The van der Waals surface area contributed by atoms with Crippen molar-refractivity contribution in [2.45, 2.75) is 19.3 Å². The van der Waals surface area contributed by atoms with Crippen LogP contribution in [-0.4, -0.2) is 36.7 Å². The number of thiazole rings is 1. The maximum absolute atomic E-state index is 14.7. The van der Waals surface area contributed by atoms with Crippen LogP contribution in [0.5, 0.6) is 0 Å². The van der Waals surface area contributed by atoms with Crippen molar-refractivity contribution in [1.82, 2.24) is 18.6 Å². The number of hydrogen-bond donors (Lipinski definition) is 1. The summed E-state index contributed by atoms with van der Waals surface area (Å²) in [5.74, 6) is -4.49. The van der Waals surface area contributed by atoms with Gasteiger partial charge in [-0.1, -0.05) is 5.73 Å². The fraction of sp³-hybridized carbons (Fsp3) is 0.261. The molecule has 0 spiro atoms. The van der Waals surface area contributed by atoms with E-state index < -0.39 is 59.2 Å². The highest BCUT2D eigenvalue weighted by Crippen LogP contribution is 2.37. The van der Waals surface area contributed by atoms with Crippen molar-refractivity contribution in [3.05, 3.63) is 77.1 Å². The van der Waals surface area contributed by atoms with Crippen molar-refractivity contribution in [3.63, 3.8) is 0 Å². The Morgan fingerprint density at radius 2 is 1.82 bits per heavy atom. The van der Waals surface area contributed by atoms with E-state index in [2.05, 4.69) is 10.7 Å². The normalized spacial score (nSPS) is 13.7. The first-order valence-corrected chi connectivity index (χ1v) is 11.6. The highest BCUT2D eigenvalue weighted by Gasteiger charge is 2.39. The minimum Gasteiger partial charge on any atom is -0.376 e. The fourth-order valence-electron chi connectivity index (χ4n) is 3.97. The molecule has 2 aromatic heterocycles. The number of alkyl halides is 3. The van der Waals surface area contributed by atoms with Gasteiger partial charge in [0.2, 0.25) is 0 Å². The zero-order valence-corrected chi connectivity index (χ0v) is 20.7. The number of hydrogen-bond acceptors (Lipinski definition) is 6. The van der Waals surface area contributed by atoms with Crippen LogP contribution in [0.3, 0.4) is 0 Å². The molecular formula is C23H18F5N5O4S. The maximum Gasteiger partial charge on any atom is 0.422 e. The molecule has 4 rings (SSSR count). The molecular weight excluding hydrogens is 537 g/mol. The summed E-state index contributed by atoms with van der Waals surface area (Å²) < 4.78 is 70.9. The number of nitrogens with zero attached hydrogens (tertiary/aromatic N) is 5. The second-order valence-electron chi connectivity index (χ2n) is 8.20. The van der Waals surface area contributed by atoms with Crippen LogP contribution in [0, 0.1) is 11.6 Å². The van der Waals surface area contributed by atoms with E-state index in [9.17, 15) is 41.4 Å². The predicted molar refractivity (Wildman–Crippen MR) is 125 cm³/mol. The molecule has 1 amide bonds. The highest BCUT2D eigenvalue weighted by molar-refractivity contribution is 7.07. The Balaban J connectivity index is 1.83. The maximum atomic E-state index is 14.7. The van der Waals surface area contributed by atoms with E-state index in [4.69, 9.17) is 0 Å². The molecule has 15 heteroatoms. The number of fused-ring (bicyclic) bond motifs is 1. The monoisotopic (exact) mass is 555 g/mol. The van der Waals surface area contributed by atoms with Crippen LogP contribution in [0.25, 0.3) is 22.7 Å². The quantitative estimate of drug-likeness (QED) is 0.468. The fourth-order valence-corrected chi connectivity index (χ4v) is 4.88. The number of carbonyl (C=O) groups is 1. The van der Waals surface area contributed by atoms with Gasteiger partial charge in [0.15, 0.2) is 4.80 Å². The highest BCUT2D eigenvalue weighted by atomic mass is 32.1. The van der Waals surface area contributed by atoms with Gasteiger partial charge in [-0.25, -0.2) is 13.6 Å². The number of amides is 1. The molecule has 0 saturated carbocycles. The third kappa shape index (κ3) is 4.44. The first-order valence-electron chi connectivity index (χ1n) is 10.7. The SMILES string of the molecule is CN1C=C=c2c(c(=O)n(C)c(=O)n2C)=C1CC(=O)/N=c1\scc(-c2ccc(F)c(C(F)(F)F)c2F)n1CO. The smallest absolute Gasteiger partial charge is 0.376 e. The third-order valence-corrected chi connectivity index (χ3v) is 6.77. The Hall–Kier alpha value is -4.07. The van der Waals surface area contributed by atoms with E-state index >= 15 is 0 Å². The van der Waals surface area contributed by atoms with Gasteiger partial charge in [0.05, 0.1) is 17.3 Å². The van der Waals surface area contributed by atoms with Gasteiger partial charge in [0, 0.05) is 44.0 Å². The molecule has 200 valence electrons. The van der Waals surface area contributed by atoms with E-state index in [1.165, 1.54) is 29.8 Å². The summed E-state index contributed by atoms with van der Waals surface area (Å²) in [6.45, 7) is -0.886. The molecule has 0 saturated heterocycles. The second-order valence-corrected chi connectivity index (χ2v) is 9.03. The van der Waals surface area contributed by atoms with Crippen LogP contribution in [0.4, 0.5) is 22.0 Å². The molecule has 1 aliphatic rings.